The van der Waals surface area contributed by atoms with E-state index in [2.05, 4.69) is 0 Å². The normalized spacial score (nSPS) is 11.9. The fourth-order valence-corrected chi connectivity index (χ4v) is 1.34. The number of rotatable bonds is 3. The van der Waals surface area contributed by atoms with Crippen LogP contribution in [0.3, 0.4) is 0 Å². The summed E-state index contributed by atoms with van der Waals surface area (Å²) in [4.78, 5) is 0. The molecule has 1 rings (SSSR count). The summed E-state index contributed by atoms with van der Waals surface area (Å²) in [6.07, 6.45) is 1.26. The average molecular weight is 216 g/mol. The SMILES string of the molecule is CCC(C)(C)Cc1cc(F)c(F)cc1F. The van der Waals surface area contributed by atoms with Gasteiger partial charge in [0.1, 0.15) is 5.82 Å². The first-order chi connectivity index (χ1) is 6.85. The number of halogens is 3. The van der Waals surface area contributed by atoms with Crippen molar-refractivity contribution >= 4 is 0 Å². The van der Waals surface area contributed by atoms with Crippen molar-refractivity contribution in [3.8, 4) is 0 Å². The molecule has 0 aromatic heterocycles. The quantitative estimate of drug-likeness (QED) is 0.668. The lowest BCUT2D eigenvalue weighted by atomic mass is 9.83. The molecule has 0 unspecified atom stereocenters. The highest BCUT2D eigenvalue weighted by atomic mass is 19.2. The van der Waals surface area contributed by atoms with E-state index >= 15 is 0 Å². The first kappa shape index (κ1) is 12.1. The first-order valence-corrected chi connectivity index (χ1v) is 4.99. The lowest BCUT2D eigenvalue weighted by Gasteiger charge is -2.22. The van der Waals surface area contributed by atoms with Crippen molar-refractivity contribution in [3.05, 3.63) is 35.1 Å². The van der Waals surface area contributed by atoms with Crippen LogP contribution in [0, 0.1) is 22.9 Å². The van der Waals surface area contributed by atoms with E-state index in [4.69, 9.17) is 0 Å². The summed E-state index contributed by atoms with van der Waals surface area (Å²) in [7, 11) is 0. The van der Waals surface area contributed by atoms with Crippen molar-refractivity contribution in [1.29, 1.82) is 0 Å². The van der Waals surface area contributed by atoms with E-state index in [-0.39, 0.29) is 11.0 Å². The average Bonchev–Trinajstić information content (AvgIpc) is 2.14. The van der Waals surface area contributed by atoms with E-state index in [9.17, 15) is 13.2 Å². The second-order valence-corrected chi connectivity index (χ2v) is 4.55. The minimum Gasteiger partial charge on any atom is -0.207 e. The zero-order chi connectivity index (χ0) is 11.6. The molecule has 1 aromatic rings. The molecule has 0 bridgehead atoms. The summed E-state index contributed by atoms with van der Waals surface area (Å²) in [5, 5.41) is 0. The Bertz CT molecular complexity index is 356. The molecule has 0 saturated carbocycles. The molecule has 0 amide bonds. The second-order valence-electron chi connectivity index (χ2n) is 4.55. The fraction of sp³-hybridized carbons (Fsp3) is 0.500. The van der Waals surface area contributed by atoms with Crippen LogP contribution in [-0.4, -0.2) is 0 Å². The van der Waals surface area contributed by atoms with E-state index < -0.39 is 17.5 Å². The van der Waals surface area contributed by atoms with Crippen molar-refractivity contribution in [2.75, 3.05) is 0 Å². The summed E-state index contributed by atoms with van der Waals surface area (Å²) in [6, 6.07) is 1.55. The van der Waals surface area contributed by atoms with Crippen molar-refractivity contribution in [1.82, 2.24) is 0 Å². The lowest BCUT2D eigenvalue weighted by molar-refractivity contribution is 0.341. The first-order valence-electron chi connectivity index (χ1n) is 4.99. The number of benzene rings is 1. The van der Waals surface area contributed by atoms with Gasteiger partial charge in [-0.15, -0.1) is 0 Å². The largest absolute Gasteiger partial charge is 0.207 e. The molecule has 0 fully saturated rings. The molecule has 0 aliphatic carbocycles. The Morgan fingerprint density at radius 2 is 1.53 bits per heavy atom. The highest BCUT2D eigenvalue weighted by Gasteiger charge is 2.19. The smallest absolute Gasteiger partial charge is 0.161 e. The van der Waals surface area contributed by atoms with Gasteiger partial charge in [0.05, 0.1) is 0 Å². The molecule has 1 aromatic carbocycles. The Labute approximate surface area is 88.1 Å². The highest BCUT2D eigenvalue weighted by Crippen LogP contribution is 2.27. The van der Waals surface area contributed by atoms with Crippen molar-refractivity contribution in [2.24, 2.45) is 5.41 Å². The van der Waals surface area contributed by atoms with Crippen LogP contribution in [0.5, 0.6) is 0 Å². The summed E-state index contributed by atoms with van der Waals surface area (Å²) in [5.74, 6) is -2.79. The van der Waals surface area contributed by atoms with Gasteiger partial charge < -0.3 is 0 Å². The maximum absolute atomic E-state index is 13.3. The van der Waals surface area contributed by atoms with Gasteiger partial charge in [-0.2, -0.15) is 0 Å². The molecule has 0 heterocycles. The third-order valence-electron chi connectivity index (χ3n) is 2.72. The minimum atomic E-state index is -1.13. The van der Waals surface area contributed by atoms with Crippen LogP contribution in [0.15, 0.2) is 12.1 Å². The molecule has 3 heteroatoms. The Hall–Kier alpha value is -0.990. The Morgan fingerprint density at radius 3 is 2.07 bits per heavy atom. The van der Waals surface area contributed by atoms with Gasteiger partial charge in [0.25, 0.3) is 0 Å². The summed E-state index contributed by atoms with van der Waals surface area (Å²) in [5.41, 5.74) is 0.131. The van der Waals surface area contributed by atoms with Gasteiger partial charge in [-0.25, -0.2) is 13.2 Å². The number of hydrogen-bond acceptors (Lipinski definition) is 0. The van der Waals surface area contributed by atoms with Crippen LogP contribution < -0.4 is 0 Å². The molecule has 0 saturated heterocycles. The maximum atomic E-state index is 13.3. The van der Waals surface area contributed by atoms with Gasteiger partial charge in [0, 0.05) is 6.07 Å². The van der Waals surface area contributed by atoms with E-state index in [0.29, 0.717) is 12.5 Å². The van der Waals surface area contributed by atoms with Crippen molar-refractivity contribution in [3.63, 3.8) is 0 Å². The fourth-order valence-electron chi connectivity index (χ4n) is 1.34. The molecule has 0 atom stereocenters. The molecule has 15 heavy (non-hydrogen) atoms. The van der Waals surface area contributed by atoms with Crippen LogP contribution in [0.4, 0.5) is 13.2 Å². The molecular weight excluding hydrogens is 201 g/mol. The van der Waals surface area contributed by atoms with Crippen LogP contribution in [0.1, 0.15) is 32.8 Å². The zero-order valence-corrected chi connectivity index (χ0v) is 9.20. The van der Waals surface area contributed by atoms with Crippen molar-refractivity contribution in [2.45, 2.75) is 33.6 Å². The molecule has 84 valence electrons. The Morgan fingerprint density at radius 1 is 1.00 bits per heavy atom. The van der Waals surface area contributed by atoms with Crippen LogP contribution >= 0.6 is 0 Å². The molecule has 0 radical (unpaired) electrons. The van der Waals surface area contributed by atoms with Gasteiger partial charge in [-0.1, -0.05) is 27.2 Å². The van der Waals surface area contributed by atoms with Gasteiger partial charge in [0.15, 0.2) is 11.6 Å². The molecule has 0 N–H and O–H groups in total. The van der Waals surface area contributed by atoms with Gasteiger partial charge in [0.2, 0.25) is 0 Å². The lowest BCUT2D eigenvalue weighted by Crippen LogP contribution is -2.14. The topological polar surface area (TPSA) is 0 Å². The molecule has 0 spiro atoms. The summed E-state index contributed by atoms with van der Waals surface area (Å²) in [6.45, 7) is 5.92. The van der Waals surface area contributed by atoms with Gasteiger partial charge >= 0.3 is 0 Å². The standard InChI is InChI=1S/C12H15F3/c1-4-12(2,3)7-8-5-10(14)11(15)6-9(8)13/h5-6H,4,7H2,1-3H3. The van der Waals surface area contributed by atoms with Crippen LogP contribution in [-0.2, 0) is 6.42 Å². The van der Waals surface area contributed by atoms with E-state index in [1.54, 1.807) is 0 Å². The highest BCUT2D eigenvalue weighted by molar-refractivity contribution is 5.21. The van der Waals surface area contributed by atoms with Crippen LogP contribution in [0.25, 0.3) is 0 Å². The predicted molar refractivity (Wildman–Crippen MR) is 54.1 cm³/mol. The van der Waals surface area contributed by atoms with Gasteiger partial charge in [-0.05, 0) is 23.5 Å². The van der Waals surface area contributed by atoms with E-state index in [1.165, 1.54) is 0 Å². The zero-order valence-electron chi connectivity index (χ0n) is 9.20. The monoisotopic (exact) mass is 216 g/mol. The van der Waals surface area contributed by atoms with E-state index in [1.807, 2.05) is 20.8 Å². The predicted octanol–water partition coefficient (Wildman–Crippen LogP) is 4.08. The maximum Gasteiger partial charge on any atom is 0.161 e. The summed E-state index contributed by atoms with van der Waals surface area (Å²) >= 11 is 0. The third kappa shape index (κ3) is 2.98. The number of hydrogen-bond donors (Lipinski definition) is 0. The molecule has 0 nitrogen and oxygen atoms in total. The molecule has 0 aliphatic heterocycles. The van der Waals surface area contributed by atoms with Gasteiger partial charge in [-0.3, -0.25) is 0 Å². The summed E-state index contributed by atoms with van der Waals surface area (Å²) < 4.78 is 38.8. The van der Waals surface area contributed by atoms with Crippen molar-refractivity contribution < 1.29 is 13.2 Å². The molecular formula is C12H15F3. The second kappa shape index (κ2) is 4.25. The molecule has 0 aliphatic rings. The third-order valence-corrected chi connectivity index (χ3v) is 2.72. The Kier molecular flexibility index (Phi) is 3.42. The van der Waals surface area contributed by atoms with E-state index in [0.717, 1.165) is 12.5 Å². The Balaban J connectivity index is 3.01. The minimum absolute atomic E-state index is 0.106. The van der Waals surface area contributed by atoms with Crippen LogP contribution in [0.2, 0.25) is 0 Å².